The van der Waals surface area contributed by atoms with Crippen molar-refractivity contribution in [1.82, 2.24) is 0 Å². The van der Waals surface area contributed by atoms with Crippen LogP contribution < -0.4 is 0 Å². The van der Waals surface area contributed by atoms with Crippen LogP contribution in [0.3, 0.4) is 0 Å². The van der Waals surface area contributed by atoms with Crippen molar-refractivity contribution in [2.45, 2.75) is 84.0 Å². The third kappa shape index (κ3) is 4.86. The quantitative estimate of drug-likeness (QED) is 0.695. The Bertz CT molecular complexity index is 637. The second-order valence-electron chi connectivity index (χ2n) is 8.76. The summed E-state index contributed by atoms with van der Waals surface area (Å²) in [6, 6.07) is 0. The number of rotatable bonds is 6. The van der Waals surface area contributed by atoms with Gasteiger partial charge < -0.3 is 14.6 Å². The van der Waals surface area contributed by atoms with Crippen LogP contribution in [-0.2, 0) is 19.1 Å². The second kappa shape index (κ2) is 9.25. The first-order chi connectivity index (χ1) is 13.4. The maximum absolute atomic E-state index is 12.4. The smallest absolute Gasteiger partial charge is 0.308 e. The van der Waals surface area contributed by atoms with Crippen molar-refractivity contribution >= 4 is 11.9 Å². The predicted molar refractivity (Wildman–Crippen MR) is 106 cm³/mol. The van der Waals surface area contributed by atoms with Gasteiger partial charge in [0.05, 0.1) is 18.4 Å². The summed E-state index contributed by atoms with van der Waals surface area (Å²) in [5.74, 6) is 0.426. The van der Waals surface area contributed by atoms with Crippen molar-refractivity contribution < 1.29 is 24.2 Å². The van der Waals surface area contributed by atoms with E-state index in [4.69, 9.17) is 9.47 Å². The Balaban J connectivity index is 1.70. The van der Waals surface area contributed by atoms with Crippen LogP contribution in [-0.4, -0.2) is 35.4 Å². The molecule has 2 aliphatic carbocycles. The van der Waals surface area contributed by atoms with Crippen molar-refractivity contribution in [3.05, 3.63) is 23.8 Å². The summed E-state index contributed by atoms with van der Waals surface area (Å²) in [5.41, 5.74) is 1.27. The number of fused-ring (bicyclic) bond motifs is 1. The van der Waals surface area contributed by atoms with Crippen molar-refractivity contribution in [2.24, 2.45) is 23.7 Å². The van der Waals surface area contributed by atoms with Crippen LogP contribution in [0.5, 0.6) is 0 Å². The van der Waals surface area contributed by atoms with Gasteiger partial charge in [0.1, 0.15) is 12.2 Å². The average Bonchev–Trinajstić information content (AvgIpc) is 2.66. The van der Waals surface area contributed by atoms with Gasteiger partial charge in [0, 0.05) is 12.3 Å². The molecule has 3 aliphatic rings. The number of carbonyl (C=O) groups excluding carboxylic acids is 2. The van der Waals surface area contributed by atoms with Crippen molar-refractivity contribution in [1.29, 1.82) is 0 Å². The Morgan fingerprint density at radius 3 is 2.89 bits per heavy atom. The lowest BCUT2D eigenvalue weighted by atomic mass is 9.66. The van der Waals surface area contributed by atoms with Gasteiger partial charge >= 0.3 is 11.9 Å². The molecule has 0 spiro atoms. The summed E-state index contributed by atoms with van der Waals surface area (Å²) in [6.45, 7) is 6.14. The normalized spacial score (nSPS) is 36.1. The molecule has 0 aromatic heterocycles. The van der Waals surface area contributed by atoms with Gasteiger partial charge in [-0.3, -0.25) is 9.59 Å². The van der Waals surface area contributed by atoms with Crippen LogP contribution in [0.4, 0.5) is 0 Å². The van der Waals surface area contributed by atoms with Gasteiger partial charge in [0.15, 0.2) is 0 Å². The molecule has 0 aromatic rings. The number of esters is 2. The van der Waals surface area contributed by atoms with Crippen LogP contribution in [0.1, 0.15) is 65.7 Å². The van der Waals surface area contributed by atoms with Crippen LogP contribution in [0.15, 0.2) is 23.8 Å². The Labute approximate surface area is 168 Å². The molecule has 0 bridgehead atoms. The van der Waals surface area contributed by atoms with Gasteiger partial charge in [-0.15, -0.1) is 0 Å². The van der Waals surface area contributed by atoms with Gasteiger partial charge in [-0.2, -0.15) is 0 Å². The standard InChI is InChI=1S/C23H34O5/c1-4-14(2)23(26)28-20-7-5-6-16-9-8-15(3)19(22(16)20)11-10-18-12-17(24)13-21(25)27-18/h6,8-9,14-15,17-20,22,24H,4-5,7,10-13H2,1-3H3/t14-,15+,17+,18+,19-,20?,22-/m0/s1. The minimum absolute atomic E-state index is 0.0764. The molecule has 28 heavy (non-hydrogen) atoms. The lowest BCUT2D eigenvalue weighted by Crippen LogP contribution is -2.40. The molecule has 1 saturated heterocycles. The molecule has 0 aromatic carbocycles. The monoisotopic (exact) mass is 390 g/mol. The van der Waals surface area contributed by atoms with Crippen LogP contribution >= 0.6 is 0 Å². The molecular weight excluding hydrogens is 356 g/mol. The Hall–Kier alpha value is -1.62. The summed E-state index contributed by atoms with van der Waals surface area (Å²) < 4.78 is 11.4. The molecule has 1 N–H and O–H groups in total. The van der Waals surface area contributed by atoms with Gasteiger partial charge in [-0.05, 0) is 49.5 Å². The molecule has 5 nitrogen and oxygen atoms in total. The molecule has 0 radical (unpaired) electrons. The molecular formula is C23H34O5. The van der Waals surface area contributed by atoms with E-state index >= 15 is 0 Å². The number of hydrogen-bond donors (Lipinski definition) is 1. The molecule has 156 valence electrons. The number of hydrogen-bond acceptors (Lipinski definition) is 5. The zero-order valence-electron chi connectivity index (χ0n) is 17.3. The summed E-state index contributed by atoms with van der Waals surface area (Å²) in [6.07, 6.45) is 10.6. The van der Waals surface area contributed by atoms with E-state index in [-0.39, 0.29) is 42.4 Å². The highest BCUT2D eigenvalue weighted by Crippen LogP contribution is 2.44. The summed E-state index contributed by atoms with van der Waals surface area (Å²) in [4.78, 5) is 24.1. The van der Waals surface area contributed by atoms with E-state index in [0.29, 0.717) is 18.3 Å². The summed E-state index contributed by atoms with van der Waals surface area (Å²) in [5, 5.41) is 9.86. The van der Waals surface area contributed by atoms with E-state index in [0.717, 1.165) is 32.1 Å². The van der Waals surface area contributed by atoms with E-state index in [1.165, 1.54) is 5.57 Å². The lowest BCUT2D eigenvalue weighted by Gasteiger charge is -2.42. The Morgan fingerprint density at radius 1 is 1.39 bits per heavy atom. The van der Waals surface area contributed by atoms with Crippen LogP contribution in [0.2, 0.25) is 0 Å². The first-order valence-electron chi connectivity index (χ1n) is 10.8. The molecule has 1 aliphatic heterocycles. The van der Waals surface area contributed by atoms with Gasteiger partial charge in [0.2, 0.25) is 0 Å². The Kier molecular flexibility index (Phi) is 6.97. The second-order valence-corrected chi connectivity index (χ2v) is 8.76. The third-order valence-corrected chi connectivity index (χ3v) is 6.69. The minimum atomic E-state index is -0.593. The molecule has 3 rings (SSSR count). The maximum Gasteiger partial charge on any atom is 0.308 e. The highest BCUT2D eigenvalue weighted by Gasteiger charge is 2.40. The van der Waals surface area contributed by atoms with E-state index in [1.54, 1.807) is 0 Å². The lowest BCUT2D eigenvalue weighted by molar-refractivity contribution is -0.162. The molecule has 7 atom stereocenters. The predicted octanol–water partition coefficient (Wildman–Crippen LogP) is 3.95. The zero-order chi connectivity index (χ0) is 20.3. The fourth-order valence-electron chi connectivity index (χ4n) is 4.80. The topological polar surface area (TPSA) is 72.8 Å². The largest absolute Gasteiger partial charge is 0.462 e. The number of ether oxygens (including phenoxy) is 2. The number of aliphatic hydroxyl groups is 1. The fourth-order valence-corrected chi connectivity index (χ4v) is 4.80. The van der Waals surface area contributed by atoms with E-state index in [2.05, 4.69) is 25.2 Å². The highest BCUT2D eigenvalue weighted by molar-refractivity contribution is 5.72. The van der Waals surface area contributed by atoms with Crippen molar-refractivity contribution in [3.8, 4) is 0 Å². The maximum atomic E-state index is 12.4. The van der Waals surface area contributed by atoms with Crippen molar-refractivity contribution in [2.75, 3.05) is 0 Å². The third-order valence-electron chi connectivity index (χ3n) is 6.69. The first-order valence-corrected chi connectivity index (χ1v) is 10.8. The Morgan fingerprint density at radius 2 is 2.18 bits per heavy atom. The SMILES string of the molecule is CC[C@H](C)C(=O)OC1CCC=C2C=C[C@@H](C)[C@H](CC[C@@H]3C[C@@H](O)CC(=O)O3)[C@H]21. The summed E-state index contributed by atoms with van der Waals surface area (Å²) >= 11 is 0. The van der Waals surface area contributed by atoms with E-state index in [1.807, 2.05) is 13.8 Å². The average molecular weight is 391 g/mol. The van der Waals surface area contributed by atoms with Crippen LogP contribution in [0.25, 0.3) is 0 Å². The van der Waals surface area contributed by atoms with Crippen molar-refractivity contribution in [3.63, 3.8) is 0 Å². The van der Waals surface area contributed by atoms with Gasteiger partial charge in [-0.25, -0.2) is 0 Å². The molecule has 1 fully saturated rings. The number of allylic oxidation sites excluding steroid dienone is 3. The molecule has 0 saturated carbocycles. The number of cyclic esters (lactones) is 1. The summed E-state index contributed by atoms with van der Waals surface area (Å²) in [7, 11) is 0. The molecule has 1 heterocycles. The number of aliphatic hydroxyl groups excluding tert-OH is 1. The number of carbonyl (C=O) groups is 2. The highest BCUT2D eigenvalue weighted by atomic mass is 16.5. The minimum Gasteiger partial charge on any atom is -0.462 e. The molecule has 0 amide bonds. The van der Waals surface area contributed by atoms with E-state index < -0.39 is 6.10 Å². The zero-order valence-corrected chi connectivity index (χ0v) is 17.3. The van der Waals surface area contributed by atoms with Gasteiger partial charge in [-0.1, -0.05) is 39.0 Å². The van der Waals surface area contributed by atoms with Crippen LogP contribution in [0, 0.1) is 23.7 Å². The molecule has 1 unspecified atom stereocenters. The van der Waals surface area contributed by atoms with E-state index in [9.17, 15) is 14.7 Å². The molecule has 5 heteroatoms. The van der Waals surface area contributed by atoms with Gasteiger partial charge in [0.25, 0.3) is 0 Å². The fraction of sp³-hybridized carbons (Fsp3) is 0.739. The first kappa shape index (κ1) is 21.1.